The van der Waals surface area contributed by atoms with Crippen LogP contribution in [0.2, 0.25) is 0 Å². The van der Waals surface area contributed by atoms with E-state index in [1.165, 1.54) is 0 Å². The van der Waals surface area contributed by atoms with Gasteiger partial charge in [0.25, 0.3) is 0 Å². The van der Waals surface area contributed by atoms with Gasteiger partial charge in [-0.15, -0.1) is 0 Å². The fourth-order valence-electron chi connectivity index (χ4n) is 1.94. The molecule has 0 bridgehead atoms. The third kappa shape index (κ3) is 19.0. The number of rotatable bonds is 18. The highest BCUT2D eigenvalue weighted by atomic mass is 31.2. The molecular weight excluding hydrogens is 465 g/mol. The molecule has 3 atom stereocenters. The predicted octanol–water partition coefficient (Wildman–Crippen LogP) is 4.16. The van der Waals surface area contributed by atoms with Crippen molar-refractivity contribution >= 4 is 23.5 Å². The Hall–Kier alpha value is 0.330. The van der Waals surface area contributed by atoms with Crippen molar-refractivity contribution in [2.75, 3.05) is 33.0 Å². The highest BCUT2D eigenvalue weighted by Crippen LogP contribution is 2.48. The van der Waals surface area contributed by atoms with Gasteiger partial charge in [-0.1, -0.05) is 32.6 Å². The molecule has 0 saturated carbocycles. The van der Waals surface area contributed by atoms with Gasteiger partial charge in [0.05, 0.1) is 38.6 Å². The van der Waals surface area contributed by atoms with Gasteiger partial charge in [-0.25, -0.2) is 13.7 Å². The summed E-state index contributed by atoms with van der Waals surface area (Å²) in [6, 6.07) is 0. The summed E-state index contributed by atoms with van der Waals surface area (Å²) in [6.45, 7) is 4.75. The minimum atomic E-state index is -4.52. The number of phosphoric ester groups is 3. The van der Waals surface area contributed by atoms with Crippen molar-refractivity contribution in [3.63, 3.8) is 0 Å². The average molecular weight is 500 g/mol. The van der Waals surface area contributed by atoms with Crippen molar-refractivity contribution in [1.82, 2.24) is 0 Å². The number of unbranched alkanes of at least 4 members (excludes halogenated alkanes) is 4. The van der Waals surface area contributed by atoms with E-state index in [9.17, 15) is 28.4 Å². The molecule has 0 aliphatic rings. The molecule has 0 radical (unpaired) electrons. The summed E-state index contributed by atoms with van der Waals surface area (Å²) in [5, 5.41) is 0. The number of hydrogen-bond donors (Lipinski definition) is 3. The zero-order chi connectivity index (χ0) is 23.3. The summed E-state index contributed by atoms with van der Waals surface area (Å²) >= 11 is 0. The van der Waals surface area contributed by atoms with Crippen LogP contribution in [0.15, 0.2) is 0 Å². The first-order valence-corrected chi connectivity index (χ1v) is 14.1. The Morgan fingerprint density at radius 2 is 0.967 bits per heavy atom. The van der Waals surface area contributed by atoms with Crippen molar-refractivity contribution in [1.29, 1.82) is 0 Å². The fraction of sp³-hybridized carbons (Fsp3) is 1.00. The van der Waals surface area contributed by atoms with Crippen LogP contribution in [-0.2, 0) is 40.8 Å². The van der Waals surface area contributed by atoms with E-state index >= 15 is 0 Å². The first-order chi connectivity index (χ1) is 13.7. The predicted molar refractivity (Wildman–Crippen MR) is 109 cm³/mol. The molecule has 0 aliphatic heterocycles. The molecule has 0 amide bonds. The number of phosphoric acid groups is 3. The van der Waals surface area contributed by atoms with Gasteiger partial charge in [0, 0.05) is 0 Å². The first-order valence-electron chi connectivity index (χ1n) is 9.60. The maximum Gasteiger partial charge on any atom is 0.472 e. The van der Waals surface area contributed by atoms with Gasteiger partial charge in [0.1, 0.15) is 0 Å². The zero-order valence-electron chi connectivity index (χ0n) is 17.9. The van der Waals surface area contributed by atoms with E-state index in [1.807, 2.05) is 0 Å². The third-order valence-corrected chi connectivity index (χ3v) is 6.40. The normalized spacial score (nSPS) is 18.5. The van der Waals surface area contributed by atoms with Crippen molar-refractivity contribution in [2.24, 2.45) is 0 Å². The minimum Gasteiger partial charge on any atom is -0.302 e. The molecule has 0 aromatic heterocycles. The average Bonchev–Trinajstić information content (AvgIpc) is 2.57. The quantitative estimate of drug-likeness (QED) is 0.182. The molecule has 0 aliphatic carbocycles. The van der Waals surface area contributed by atoms with Crippen molar-refractivity contribution < 1.29 is 55.5 Å². The van der Waals surface area contributed by atoms with E-state index in [0.29, 0.717) is 6.42 Å². The molecule has 0 heterocycles. The Morgan fingerprint density at radius 3 is 1.37 bits per heavy atom. The topological polar surface area (TPSA) is 167 Å². The van der Waals surface area contributed by atoms with Gasteiger partial charge in [-0.05, 0) is 27.2 Å². The molecule has 0 saturated heterocycles. The third-order valence-electron chi connectivity index (χ3n) is 3.08. The minimum absolute atomic E-state index is 0.0631. The molecule has 0 spiro atoms. The van der Waals surface area contributed by atoms with Crippen LogP contribution in [-0.4, -0.2) is 53.3 Å². The lowest BCUT2D eigenvalue weighted by Gasteiger charge is -2.22. The molecule has 0 fully saturated rings. The lowest BCUT2D eigenvalue weighted by atomic mass is 10.2. The van der Waals surface area contributed by atoms with Crippen molar-refractivity contribution in [2.45, 2.75) is 65.4 Å². The smallest absolute Gasteiger partial charge is 0.302 e. The van der Waals surface area contributed by atoms with Crippen LogP contribution in [0.5, 0.6) is 0 Å². The van der Waals surface area contributed by atoms with E-state index < -0.39 is 55.5 Å². The van der Waals surface area contributed by atoms with Crippen molar-refractivity contribution in [3.8, 4) is 0 Å². The van der Waals surface area contributed by atoms with E-state index in [0.717, 1.165) is 25.7 Å². The largest absolute Gasteiger partial charge is 0.472 e. The molecule has 182 valence electrons. The molecule has 0 aromatic carbocycles. The lowest BCUT2D eigenvalue weighted by molar-refractivity contribution is 0.0501. The Bertz CT molecular complexity index is 606. The summed E-state index contributed by atoms with van der Waals surface area (Å²) in [5.41, 5.74) is -0.925. The van der Waals surface area contributed by atoms with E-state index in [-0.39, 0.29) is 6.61 Å². The molecule has 30 heavy (non-hydrogen) atoms. The summed E-state index contributed by atoms with van der Waals surface area (Å²) in [6.07, 6.45) is 4.68. The second-order valence-corrected chi connectivity index (χ2v) is 11.5. The van der Waals surface area contributed by atoms with Crippen LogP contribution < -0.4 is 0 Å². The van der Waals surface area contributed by atoms with Gasteiger partial charge < -0.3 is 14.7 Å². The highest BCUT2D eigenvalue weighted by molar-refractivity contribution is 7.48. The van der Waals surface area contributed by atoms with E-state index in [4.69, 9.17) is 9.05 Å². The monoisotopic (exact) mass is 500 g/mol. The van der Waals surface area contributed by atoms with Crippen LogP contribution in [0.1, 0.15) is 59.8 Å². The first kappa shape index (κ1) is 30.3. The standard InChI is InChI=1S/C15H35O12P3/c1-5-6-7-8-9-10-22-28(16,17)23-11-12-24-29(18,19)25-13-14-26-30(20,21)27-15(2,3)4/h5-14H2,1-4H3,(H,16,17)(H,18,19)(H,20,21). The van der Waals surface area contributed by atoms with Gasteiger partial charge in [0.15, 0.2) is 0 Å². The summed E-state index contributed by atoms with van der Waals surface area (Å²) < 4.78 is 62.9. The summed E-state index contributed by atoms with van der Waals surface area (Å²) in [5.74, 6) is 0. The van der Waals surface area contributed by atoms with E-state index in [1.54, 1.807) is 20.8 Å². The van der Waals surface area contributed by atoms with Crippen LogP contribution in [0, 0.1) is 0 Å². The van der Waals surface area contributed by atoms with Gasteiger partial charge >= 0.3 is 23.5 Å². The maximum absolute atomic E-state index is 11.7. The van der Waals surface area contributed by atoms with Crippen LogP contribution in [0.3, 0.4) is 0 Å². The molecule has 12 nitrogen and oxygen atoms in total. The highest BCUT2D eigenvalue weighted by Gasteiger charge is 2.29. The SMILES string of the molecule is CCCCCCCOP(=O)(O)OCCOP(=O)(O)OCCOP(=O)(O)OC(C)(C)C. The summed E-state index contributed by atoms with van der Waals surface area (Å²) in [4.78, 5) is 28.4. The fourth-order valence-corrected chi connectivity index (χ4v) is 4.42. The Morgan fingerprint density at radius 1 is 0.600 bits per heavy atom. The van der Waals surface area contributed by atoms with Crippen molar-refractivity contribution in [3.05, 3.63) is 0 Å². The van der Waals surface area contributed by atoms with Gasteiger partial charge in [-0.3, -0.25) is 27.1 Å². The zero-order valence-corrected chi connectivity index (χ0v) is 20.6. The molecule has 3 N–H and O–H groups in total. The van der Waals surface area contributed by atoms with Crippen LogP contribution in [0.25, 0.3) is 0 Å². The Balaban J connectivity index is 3.97. The van der Waals surface area contributed by atoms with Gasteiger partial charge in [-0.2, -0.15) is 0 Å². The molecule has 3 unspecified atom stereocenters. The van der Waals surface area contributed by atoms with Gasteiger partial charge in [0.2, 0.25) is 0 Å². The number of hydrogen-bond acceptors (Lipinski definition) is 9. The lowest BCUT2D eigenvalue weighted by Crippen LogP contribution is -2.18. The molecule has 0 rings (SSSR count). The van der Waals surface area contributed by atoms with E-state index in [2.05, 4.69) is 25.0 Å². The van der Waals surface area contributed by atoms with Crippen LogP contribution >= 0.6 is 23.5 Å². The summed E-state index contributed by atoms with van der Waals surface area (Å²) in [7, 11) is -13.1. The second-order valence-electron chi connectivity index (χ2n) is 7.19. The molecular formula is C15H35O12P3. The molecule has 0 aromatic rings. The molecule has 15 heteroatoms. The van der Waals surface area contributed by atoms with Crippen LogP contribution in [0.4, 0.5) is 0 Å². The maximum atomic E-state index is 11.7. The Labute approximate surface area is 178 Å². The second kappa shape index (κ2) is 14.5. The Kier molecular flexibility index (Phi) is 14.6.